The van der Waals surface area contributed by atoms with Crippen LogP contribution in [0.3, 0.4) is 0 Å². The summed E-state index contributed by atoms with van der Waals surface area (Å²) in [6.07, 6.45) is 0. The van der Waals surface area contributed by atoms with Gasteiger partial charge in [0, 0.05) is 0 Å². The lowest BCUT2D eigenvalue weighted by molar-refractivity contribution is 0.00578. The molecule has 2 aromatic rings. The van der Waals surface area contributed by atoms with Crippen LogP contribution in [0.2, 0.25) is 0 Å². The summed E-state index contributed by atoms with van der Waals surface area (Å²) in [6, 6.07) is 8.13. The van der Waals surface area contributed by atoms with Gasteiger partial charge >= 0.3 is 7.12 Å². The molecule has 1 saturated heterocycles. The van der Waals surface area contributed by atoms with E-state index in [2.05, 4.69) is 0 Å². The zero-order valence-corrected chi connectivity index (χ0v) is 15.9. The zero-order chi connectivity index (χ0) is 20.4. The maximum atomic E-state index is 14.9. The predicted molar refractivity (Wildman–Crippen MR) is 99.7 cm³/mol. The number of benzene rings is 2. The molecule has 0 aliphatic carbocycles. The molecule has 0 aromatic heterocycles. The second-order valence-corrected chi connectivity index (χ2v) is 7.91. The molecule has 0 saturated carbocycles. The molecule has 4 rings (SSSR count). The molecular weight excluding hydrogens is 367 g/mol. The van der Waals surface area contributed by atoms with E-state index in [4.69, 9.17) is 9.31 Å². The molecule has 2 aromatic carbocycles. The van der Waals surface area contributed by atoms with Gasteiger partial charge in [-0.05, 0) is 57.4 Å². The molecule has 0 atom stereocenters. The molecular formula is C20H18BF2NO4. The van der Waals surface area contributed by atoms with Gasteiger partial charge in [-0.2, -0.15) is 0 Å². The highest BCUT2D eigenvalue weighted by Crippen LogP contribution is 2.37. The van der Waals surface area contributed by atoms with Crippen LogP contribution in [0.15, 0.2) is 36.4 Å². The minimum Gasteiger partial charge on any atom is -0.399 e. The average Bonchev–Trinajstić information content (AvgIpc) is 2.98. The average molecular weight is 385 g/mol. The Morgan fingerprint density at radius 2 is 1.29 bits per heavy atom. The number of amides is 2. The second kappa shape index (κ2) is 5.96. The molecule has 2 amide bonds. The first kappa shape index (κ1) is 18.8. The van der Waals surface area contributed by atoms with E-state index in [9.17, 15) is 18.4 Å². The van der Waals surface area contributed by atoms with Crippen molar-refractivity contribution in [2.24, 2.45) is 0 Å². The second-order valence-electron chi connectivity index (χ2n) is 7.91. The molecule has 0 radical (unpaired) electrons. The number of hydrogen-bond donors (Lipinski definition) is 0. The van der Waals surface area contributed by atoms with Crippen LogP contribution >= 0.6 is 0 Å². The van der Waals surface area contributed by atoms with E-state index < -0.39 is 47.5 Å². The Kier molecular flexibility index (Phi) is 4.00. The molecule has 0 unspecified atom stereocenters. The van der Waals surface area contributed by atoms with Crippen molar-refractivity contribution in [3.05, 3.63) is 59.2 Å². The van der Waals surface area contributed by atoms with Crippen molar-refractivity contribution in [3.8, 4) is 0 Å². The van der Waals surface area contributed by atoms with E-state index in [1.165, 1.54) is 12.1 Å². The van der Waals surface area contributed by atoms with Crippen molar-refractivity contribution in [2.75, 3.05) is 4.90 Å². The number of carbonyl (C=O) groups excluding carboxylic acids is 2. The molecule has 2 aliphatic heterocycles. The smallest absolute Gasteiger partial charge is 0.399 e. The molecule has 0 bridgehead atoms. The quantitative estimate of drug-likeness (QED) is 0.589. The third-order valence-electron chi connectivity index (χ3n) is 5.58. The minimum atomic E-state index is -1.04. The topological polar surface area (TPSA) is 55.8 Å². The highest BCUT2D eigenvalue weighted by atomic mass is 19.1. The van der Waals surface area contributed by atoms with Crippen molar-refractivity contribution >= 4 is 30.1 Å². The fourth-order valence-corrected chi connectivity index (χ4v) is 3.31. The number of imide groups is 1. The lowest BCUT2D eigenvalue weighted by Gasteiger charge is -2.32. The number of halogens is 2. The first-order valence-corrected chi connectivity index (χ1v) is 8.86. The summed E-state index contributed by atoms with van der Waals surface area (Å²) in [5.41, 5.74) is -1.69. The van der Waals surface area contributed by atoms with E-state index in [-0.39, 0.29) is 16.6 Å². The fraction of sp³-hybridized carbons (Fsp3) is 0.300. The highest BCUT2D eigenvalue weighted by Gasteiger charge is 2.52. The molecule has 0 spiro atoms. The van der Waals surface area contributed by atoms with Crippen LogP contribution in [-0.4, -0.2) is 30.1 Å². The van der Waals surface area contributed by atoms with Gasteiger partial charge in [0.25, 0.3) is 11.8 Å². The monoisotopic (exact) mass is 385 g/mol. The zero-order valence-electron chi connectivity index (χ0n) is 15.9. The molecule has 2 aliphatic rings. The minimum absolute atomic E-state index is 0.112. The number of anilines is 1. The summed E-state index contributed by atoms with van der Waals surface area (Å²) >= 11 is 0. The standard InChI is InChI=1S/C20H18BF2NO4/c1-19(2)20(3,4)28-21(27-19)11-9-14(22)16(15(23)10-11)24-17(25)12-7-5-6-8-13(12)18(24)26/h5-10H,1-4H3. The summed E-state index contributed by atoms with van der Waals surface area (Å²) < 4.78 is 41.4. The Bertz CT molecular complexity index is 947. The normalized spacial score (nSPS) is 20.1. The predicted octanol–water partition coefficient (Wildman–Crippen LogP) is 3.06. The van der Waals surface area contributed by atoms with Crippen LogP contribution in [0.25, 0.3) is 0 Å². The summed E-state index contributed by atoms with van der Waals surface area (Å²) in [6.45, 7) is 7.31. The van der Waals surface area contributed by atoms with Gasteiger partial charge in [-0.25, -0.2) is 13.7 Å². The Hall–Kier alpha value is -2.58. The number of fused-ring (bicyclic) bond motifs is 1. The van der Waals surface area contributed by atoms with Gasteiger partial charge in [0.15, 0.2) is 0 Å². The van der Waals surface area contributed by atoms with Gasteiger partial charge in [0.1, 0.15) is 17.3 Å². The first-order chi connectivity index (χ1) is 13.0. The van der Waals surface area contributed by atoms with Gasteiger partial charge in [0.05, 0.1) is 22.3 Å². The third kappa shape index (κ3) is 2.59. The summed E-state index contributed by atoms with van der Waals surface area (Å²) in [5.74, 6) is -3.61. The molecule has 5 nitrogen and oxygen atoms in total. The van der Waals surface area contributed by atoms with Crippen LogP contribution in [0, 0.1) is 11.6 Å². The molecule has 144 valence electrons. The Morgan fingerprint density at radius 1 is 0.857 bits per heavy atom. The Morgan fingerprint density at radius 3 is 1.71 bits per heavy atom. The van der Waals surface area contributed by atoms with Gasteiger partial charge < -0.3 is 9.31 Å². The molecule has 1 fully saturated rings. The maximum absolute atomic E-state index is 14.9. The number of nitrogens with zero attached hydrogens (tertiary/aromatic N) is 1. The summed E-state index contributed by atoms with van der Waals surface area (Å²) in [5, 5.41) is 0. The van der Waals surface area contributed by atoms with Crippen molar-refractivity contribution < 1.29 is 27.7 Å². The van der Waals surface area contributed by atoms with Crippen molar-refractivity contribution in [1.29, 1.82) is 0 Å². The van der Waals surface area contributed by atoms with E-state index in [1.54, 1.807) is 12.1 Å². The Labute approximate surface area is 161 Å². The van der Waals surface area contributed by atoms with Gasteiger partial charge in [0.2, 0.25) is 0 Å². The molecule has 2 heterocycles. The summed E-state index contributed by atoms with van der Waals surface area (Å²) in [7, 11) is -0.967. The summed E-state index contributed by atoms with van der Waals surface area (Å²) in [4.78, 5) is 25.6. The molecule has 0 N–H and O–H groups in total. The van der Waals surface area contributed by atoms with Gasteiger partial charge in [-0.1, -0.05) is 12.1 Å². The molecule has 8 heteroatoms. The lowest BCUT2D eigenvalue weighted by atomic mass is 9.79. The highest BCUT2D eigenvalue weighted by molar-refractivity contribution is 6.62. The van der Waals surface area contributed by atoms with E-state index >= 15 is 0 Å². The largest absolute Gasteiger partial charge is 0.495 e. The third-order valence-corrected chi connectivity index (χ3v) is 5.58. The number of hydrogen-bond acceptors (Lipinski definition) is 4. The van der Waals surface area contributed by atoms with Crippen molar-refractivity contribution in [1.82, 2.24) is 0 Å². The van der Waals surface area contributed by atoms with Gasteiger partial charge in [-0.15, -0.1) is 0 Å². The van der Waals surface area contributed by atoms with Crippen LogP contribution in [0.4, 0.5) is 14.5 Å². The SMILES string of the molecule is CC1(C)OB(c2cc(F)c(N3C(=O)c4ccccc4C3=O)c(F)c2)OC1(C)C. The van der Waals surface area contributed by atoms with Crippen LogP contribution in [-0.2, 0) is 9.31 Å². The van der Waals surface area contributed by atoms with E-state index in [1.807, 2.05) is 27.7 Å². The first-order valence-electron chi connectivity index (χ1n) is 8.86. The van der Waals surface area contributed by atoms with Gasteiger partial charge in [-0.3, -0.25) is 9.59 Å². The van der Waals surface area contributed by atoms with Crippen molar-refractivity contribution in [3.63, 3.8) is 0 Å². The van der Waals surface area contributed by atoms with E-state index in [0.717, 1.165) is 12.1 Å². The molecule has 28 heavy (non-hydrogen) atoms. The van der Waals surface area contributed by atoms with Crippen LogP contribution < -0.4 is 10.4 Å². The lowest BCUT2D eigenvalue weighted by Crippen LogP contribution is -2.41. The van der Waals surface area contributed by atoms with Crippen LogP contribution in [0.5, 0.6) is 0 Å². The fourth-order valence-electron chi connectivity index (χ4n) is 3.31. The van der Waals surface area contributed by atoms with E-state index in [0.29, 0.717) is 4.90 Å². The number of carbonyl (C=O) groups is 2. The van der Waals surface area contributed by atoms with Crippen molar-refractivity contribution in [2.45, 2.75) is 38.9 Å². The Balaban J connectivity index is 1.73. The number of rotatable bonds is 2. The maximum Gasteiger partial charge on any atom is 0.495 e. The van der Waals surface area contributed by atoms with Crippen LogP contribution in [0.1, 0.15) is 48.4 Å².